The highest BCUT2D eigenvalue weighted by molar-refractivity contribution is 5.77. The number of likely N-dealkylation sites (tertiary alicyclic amines) is 1. The zero-order valence-corrected chi connectivity index (χ0v) is 8.16. The molecule has 1 heterocycles. The fourth-order valence-corrected chi connectivity index (χ4v) is 1.34. The molecule has 0 spiro atoms. The lowest BCUT2D eigenvalue weighted by molar-refractivity contribution is -0.136. The van der Waals surface area contributed by atoms with E-state index >= 15 is 0 Å². The first-order valence-corrected chi connectivity index (χ1v) is 4.83. The molecular weight excluding hydrogens is 168 g/mol. The Morgan fingerprint density at radius 1 is 1.54 bits per heavy atom. The molecule has 2 N–H and O–H groups in total. The lowest BCUT2D eigenvalue weighted by atomic mass is 10.4. The van der Waals surface area contributed by atoms with Crippen molar-refractivity contribution in [1.29, 1.82) is 0 Å². The highest BCUT2D eigenvalue weighted by atomic mass is 16.5. The Labute approximate surface area is 79.0 Å². The number of hydrogen-bond donors (Lipinski definition) is 1. The van der Waals surface area contributed by atoms with Crippen LogP contribution in [-0.2, 0) is 9.53 Å². The summed E-state index contributed by atoms with van der Waals surface area (Å²) in [5.74, 6) is 0.0952. The summed E-state index contributed by atoms with van der Waals surface area (Å²) in [7, 11) is 0. The minimum Gasteiger partial charge on any atom is -0.367 e. The molecule has 1 amide bonds. The van der Waals surface area contributed by atoms with E-state index in [1.807, 2.05) is 11.8 Å². The maximum absolute atomic E-state index is 11.4. The Hall–Kier alpha value is -0.610. The fraction of sp³-hybridized carbons (Fsp3) is 0.889. The van der Waals surface area contributed by atoms with Gasteiger partial charge in [-0.2, -0.15) is 0 Å². The lowest BCUT2D eigenvalue weighted by Gasteiger charge is -2.16. The molecule has 1 saturated heterocycles. The first-order valence-electron chi connectivity index (χ1n) is 4.83. The summed E-state index contributed by atoms with van der Waals surface area (Å²) in [6, 6.07) is 0. The van der Waals surface area contributed by atoms with Crippen LogP contribution in [0.2, 0.25) is 0 Å². The predicted molar refractivity (Wildman–Crippen MR) is 50.3 cm³/mol. The summed E-state index contributed by atoms with van der Waals surface area (Å²) >= 11 is 0. The zero-order valence-electron chi connectivity index (χ0n) is 8.16. The van der Waals surface area contributed by atoms with Gasteiger partial charge in [0.25, 0.3) is 0 Å². The van der Waals surface area contributed by atoms with Crippen molar-refractivity contribution in [2.75, 3.05) is 26.2 Å². The second-order valence-electron chi connectivity index (χ2n) is 3.45. The minimum absolute atomic E-state index is 0.0217. The average molecular weight is 186 g/mol. The second-order valence-corrected chi connectivity index (χ2v) is 3.45. The van der Waals surface area contributed by atoms with E-state index in [-0.39, 0.29) is 18.6 Å². The van der Waals surface area contributed by atoms with Crippen LogP contribution in [0.5, 0.6) is 0 Å². The van der Waals surface area contributed by atoms with Crippen LogP contribution in [0.15, 0.2) is 0 Å². The molecule has 4 heteroatoms. The van der Waals surface area contributed by atoms with Gasteiger partial charge in [-0.1, -0.05) is 0 Å². The maximum atomic E-state index is 11.4. The topological polar surface area (TPSA) is 55.6 Å². The SMILES string of the molecule is CC(CN)OCC(=O)N1CCCC1. The number of hydrogen-bond acceptors (Lipinski definition) is 3. The van der Waals surface area contributed by atoms with Gasteiger partial charge in [0.05, 0.1) is 6.10 Å². The zero-order chi connectivity index (χ0) is 9.68. The van der Waals surface area contributed by atoms with Crippen LogP contribution in [0.4, 0.5) is 0 Å². The van der Waals surface area contributed by atoms with Gasteiger partial charge in [0, 0.05) is 19.6 Å². The first kappa shape index (κ1) is 10.5. The van der Waals surface area contributed by atoms with E-state index < -0.39 is 0 Å². The van der Waals surface area contributed by atoms with Gasteiger partial charge >= 0.3 is 0 Å². The van der Waals surface area contributed by atoms with Gasteiger partial charge in [-0.05, 0) is 19.8 Å². The van der Waals surface area contributed by atoms with E-state index in [2.05, 4.69) is 0 Å². The Morgan fingerprint density at radius 3 is 2.69 bits per heavy atom. The highest BCUT2D eigenvalue weighted by Gasteiger charge is 2.18. The van der Waals surface area contributed by atoms with Gasteiger partial charge < -0.3 is 15.4 Å². The summed E-state index contributed by atoms with van der Waals surface area (Å²) in [5, 5.41) is 0. The molecule has 13 heavy (non-hydrogen) atoms. The molecule has 76 valence electrons. The molecule has 0 saturated carbocycles. The minimum atomic E-state index is -0.0217. The van der Waals surface area contributed by atoms with Crippen molar-refractivity contribution in [3.05, 3.63) is 0 Å². The standard InChI is InChI=1S/C9H18N2O2/c1-8(6-10)13-7-9(12)11-4-2-3-5-11/h8H,2-7,10H2,1H3. The summed E-state index contributed by atoms with van der Waals surface area (Å²) in [6.45, 7) is 4.29. The molecule has 0 aromatic heterocycles. The summed E-state index contributed by atoms with van der Waals surface area (Å²) < 4.78 is 5.25. The molecule has 0 aliphatic carbocycles. The Morgan fingerprint density at radius 2 is 2.15 bits per heavy atom. The predicted octanol–water partition coefficient (Wildman–Crippen LogP) is -0.0274. The van der Waals surface area contributed by atoms with E-state index in [1.54, 1.807) is 0 Å². The van der Waals surface area contributed by atoms with Crippen molar-refractivity contribution in [2.24, 2.45) is 5.73 Å². The van der Waals surface area contributed by atoms with Crippen molar-refractivity contribution < 1.29 is 9.53 Å². The molecule has 1 unspecified atom stereocenters. The third-order valence-corrected chi connectivity index (χ3v) is 2.28. The Kier molecular flexibility index (Phi) is 4.18. The third-order valence-electron chi connectivity index (χ3n) is 2.28. The van der Waals surface area contributed by atoms with Crippen LogP contribution < -0.4 is 5.73 Å². The average Bonchev–Trinajstić information content (AvgIpc) is 2.66. The van der Waals surface area contributed by atoms with Crippen LogP contribution in [-0.4, -0.2) is 43.2 Å². The third kappa shape index (κ3) is 3.32. The van der Waals surface area contributed by atoms with Gasteiger partial charge in [-0.15, -0.1) is 0 Å². The van der Waals surface area contributed by atoms with Gasteiger partial charge in [0.1, 0.15) is 6.61 Å². The maximum Gasteiger partial charge on any atom is 0.248 e. The van der Waals surface area contributed by atoms with Crippen LogP contribution >= 0.6 is 0 Å². The number of ether oxygens (including phenoxy) is 1. The van der Waals surface area contributed by atoms with E-state index in [4.69, 9.17) is 10.5 Å². The van der Waals surface area contributed by atoms with Gasteiger partial charge in [-0.25, -0.2) is 0 Å². The van der Waals surface area contributed by atoms with Gasteiger partial charge in [0.2, 0.25) is 5.91 Å². The van der Waals surface area contributed by atoms with Crippen molar-refractivity contribution in [3.8, 4) is 0 Å². The van der Waals surface area contributed by atoms with Crippen LogP contribution in [0.25, 0.3) is 0 Å². The second kappa shape index (κ2) is 5.19. The molecule has 1 rings (SSSR count). The van der Waals surface area contributed by atoms with Crippen LogP contribution in [0.3, 0.4) is 0 Å². The molecule has 1 aliphatic heterocycles. The van der Waals surface area contributed by atoms with E-state index in [0.29, 0.717) is 6.54 Å². The molecule has 1 atom stereocenters. The molecule has 0 bridgehead atoms. The van der Waals surface area contributed by atoms with Crippen molar-refractivity contribution >= 4 is 5.91 Å². The van der Waals surface area contributed by atoms with E-state index in [9.17, 15) is 4.79 Å². The normalized spacial score (nSPS) is 19.1. The molecule has 1 aliphatic rings. The van der Waals surface area contributed by atoms with E-state index in [0.717, 1.165) is 25.9 Å². The van der Waals surface area contributed by atoms with Crippen molar-refractivity contribution in [1.82, 2.24) is 4.90 Å². The summed E-state index contributed by atoms with van der Waals surface area (Å²) in [4.78, 5) is 13.3. The fourth-order valence-electron chi connectivity index (χ4n) is 1.34. The quantitative estimate of drug-likeness (QED) is 0.671. The van der Waals surface area contributed by atoms with Crippen molar-refractivity contribution in [3.63, 3.8) is 0 Å². The summed E-state index contributed by atoms with van der Waals surface area (Å²) in [5.41, 5.74) is 5.36. The monoisotopic (exact) mass is 186 g/mol. The number of nitrogens with two attached hydrogens (primary N) is 1. The number of amides is 1. The first-order chi connectivity index (χ1) is 6.24. The smallest absolute Gasteiger partial charge is 0.248 e. The molecule has 0 aromatic rings. The van der Waals surface area contributed by atoms with Gasteiger partial charge in [0.15, 0.2) is 0 Å². The Balaban J connectivity index is 2.16. The molecule has 1 fully saturated rings. The molecular formula is C9H18N2O2. The molecule has 4 nitrogen and oxygen atoms in total. The van der Waals surface area contributed by atoms with Gasteiger partial charge in [-0.3, -0.25) is 4.79 Å². The van der Waals surface area contributed by atoms with Crippen LogP contribution in [0, 0.1) is 0 Å². The number of nitrogens with zero attached hydrogens (tertiary/aromatic N) is 1. The number of carbonyl (C=O) groups is 1. The largest absolute Gasteiger partial charge is 0.367 e. The Bertz CT molecular complexity index is 167. The molecule has 0 aromatic carbocycles. The lowest BCUT2D eigenvalue weighted by Crippen LogP contribution is -2.33. The van der Waals surface area contributed by atoms with E-state index in [1.165, 1.54) is 0 Å². The number of carbonyl (C=O) groups excluding carboxylic acids is 1. The molecule has 0 radical (unpaired) electrons. The van der Waals surface area contributed by atoms with Crippen molar-refractivity contribution in [2.45, 2.75) is 25.9 Å². The highest BCUT2D eigenvalue weighted by Crippen LogP contribution is 2.07. The number of rotatable bonds is 4. The van der Waals surface area contributed by atoms with Crippen LogP contribution in [0.1, 0.15) is 19.8 Å². The summed E-state index contributed by atoms with van der Waals surface area (Å²) in [6.07, 6.45) is 2.22.